The van der Waals surface area contributed by atoms with Gasteiger partial charge in [-0.2, -0.15) is 26.3 Å². The van der Waals surface area contributed by atoms with E-state index in [4.69, 9.17) is 0 Å². The van der Waals surface area contributed by atoms with Crippen molar-refractivity contribution in [2.24, 2.45) is 0 Å². The van der Waals surface area contributed by atoms with Gasteiger partial charge in [0.15, 0.2) is 0 Å². The quantitative estimate of drug-likeness (QED) is 0.207. The zero-order valence-electron chi connectivity index (χ0n) is 24.5. The first-order valence-electron chi connectivity index (χ1n) is 15.0. The van der Waals surface area contributed by atoms with E-state index in [-0.39, 0.29) is 39.0 Å². The van der Waals surface area contributed by atoms with Crippen molar-refractivity contribution in [1.29, 1.82) is 0 Å². The second kappa shape index (κ2) is 11.9. The number of aryl methyl sites for hydroxylation is 2. The van der Waals surface area contributed by atoms with Crippen LogP contribution >= 0.6 is 0 Å². The van der Waals surface area contributed by atoms with Gasteiger partial charge in [0.1, 0.15) is 11.6 Å². The first kappa shape index (κ1) is 31.9. The van der Waals surface area contributed by atoms with Gasteiger partial charge in [0.05, 0.1) is 11.0 Å². The third-order valence-corrected chi connectivity index (χ3v) is 9.11. The van der Waals surface area contributed by atoms with Crippen LogP contribution in [-0.4, -0.2) is 68.3 Å². The summed E-state index contributed by atoms with van der Waals surface area (Å²) in [6.07, 6.45) is -4.57. The van der Waals surface area contributed by atoms with Crippen LogP contribution in [0.4, 0.5) is 35.1 Å². The molecule has 6 nitrogen and oxygen atoms in total. The summed E-state index contributed by atoms with van der Waals surface area (Å²) in [7, 11) is 0. The van der Waals surface area contributed by atoms with Crippen LogP contribution in [0.5, 0.6) is 0 Å². The van der Waals surface area contributed by atoms with Crippen molar-refractivity contribution in [3.8, 4) is 0 Å². The van der Waals surface area contributed by atoms with Crippen molar-refractivity contribution in [1.82, 2.24) is 18.9 Å². The molecule has 14 heteroatoms. The number of aromatic nitrogens is 2. The summed E-state index contributed by atoms with van der Waals surface area (Å²) in [4.78, 5) is 25.7. The molecule has 2 aliphatic heterocycles. The number of benzene rings is 2. The van der Waals surface area contributed by atoms with Gasteiger partial charge < -0.3 is 18.9 Å². The summed E-state index contributed by atoms with van der Waals surface area (Å²) in [5.74, 6) is -4.79. The highest BCUT2D eigenvalue weighted by Crippen LogP contribution is 2.33. The van der Waals surface area contributed by atoms with Gasteiger partial charge in [-0.15, -0.1) is 0 Å². The number of carbonyl (C=O) groups excluding carboxylic acids is 2. The molecule has 246 valence electrons. The molecule has 46 heavy (non-hydrogen) atoms. The second-order valence-electron chi connectivity index (χ2n) is 12.0. The number of rotatable bonds is 7. The monoisotopic (exact) mass is 654 g/mol. The van der Waals surface area contributed by atoms with Crippen LogP contribution in [0, 0.1) is 11.6 Å². The molecule has 4 heterocycles. The summed E-state index contributed by atoms with van der Waals surface area (Å²) < 4.78 is 111. The molecular weight excluding hydrogens is 624 g/mol. The summed E-state index contributed by atoms with van der Waals surface area (Å²) in [6.45, 7) is 0.493. The Bertz CT molecular complexity index is 1660. The van der Waals surface area contributed by atoms with Gasteiger partial charge in [-0.3, -0.25) is 9.59 Å². The number of carbonyl (C=O) groups is 2. The maximum atomic E-state index is 14.4. The summed E-state index contributed by atoms with van der Waals surface area (Å²) in [5.41, 5.74) is 2.30. The highest BCUT2D eigenvalue weighted by molar-refractivity contribution is 5.86. The number of halogens is 8. The molecule has 2 aromatic carbocycles. The number of hydrogen-bond acceptors (Lipinski definition) is 2. The van der Waals surface area contributed by atoms with Crippen LogP contribution in [0.3, 0.4) is 0 Å². The Labute approximate surface area is 258 Å². The molecule has 2 saturated heterocycles. The van der Waals surface area contributed by atoms with Crippen LogP contribution in [0.15, 0.2) is 48.8 Å². The molecule has 6 rings (SSSR count). The van der Waals surface area contributed by atoms with Gasteiger partial charge in [0.25, 0.3) is 0 Å². The van der Waals surface area contributed by atoms with E-state index in [0.717, 1.165) is 9.80 Å². The SMILES string of the molecule is O=C(N1CCC[C@H]1Cc1cn(CCn2cc(C[C@@H]3CCCN3C(=O)C(F)(F)F)c3ccc(F)cc32)c2cc(F)ccc12)C(F)(F)F. The second-order valence-corrected chi connectivity index (χ2v) is 12.0. The van der Waals surface area contributed by atoms with Gasteiger partial charge in [0.2, 0.25) is 0 Å². The topological polar surface area (TPSA) is 50.5 Å². The van der Waals surface area contributed by atoms with Gasteiger partial charge in [0, 0.05) is 61.4 Å². The molecule has 0 saturated carbocycles. The van der Waals surface area contributed by atoms with Gasteiger partial charge in [-0.25, -0.2) is 8.78 Å². The lowest BCUT2D eigenvalue weighted by atomic mass is 10.0. The standard InChI is InChI=1S/C32H30F8N4O2/c33-21-5-7-25-19(13-23-3-1-9-43(23)29(45)31(35,36)37)17-41(27(25)15-21)11-12-42-18-20(26-8-6-22(34)16-28(26)42)14-24-4-2-10-44(24)30(46)32(38,39)40/h5-8,15-18,23-24H,1-4,9-14H2/t23-,24-/m0/s1. The van der Waals surface area contributed by atoms with E-state index in [9.17, 15) is 44.7 Å². The minimum atomic E-state index is -4.98. The molecule has 0 radical (unpaired) electrons. The molecule has 0 bridgehead atoms. The maximum Gasteiger partial charge on any atom is 0.471 e. The fourth-order valence-corrected chi connectivity index (χ4v) is 7.06. The Hall–Kier alpha value is -4.10. The normalized spacial score (nSPS) is 19.2. The van der Waals surface area contributed by atoms with E-state index in [2.05, 4.69) is 0 Å². The summed E-state index contributed by atoms with van der Waals surface area (Å²) >= 11 is 0. The Kier molecular flexibility index (Phi) is 8.26. The molecule has 0 N–H and O–H groups in total. The average Bonchev–Trinajstić information content (AvgIpc) is 3.77. The lowest BCUT2D eigenvalue weighted by Gasteiger charge is -2.25. The first-order chi connectivity index (χ1) is 21.7. The van der Waals surface area contributed by atoms with Gasteiger partial charge >= 0.3 is 24.2 Å². The van der Waals surface area contributed by atoms with Crippen molar-refractivity contribution >= 4 is 33.6 Å². The highest BCUT2D eigenvalue weighted by Gasteiger charge is 2.47. The zero-order valence-corrected chi connectivity index (χ0v) is 24.5. The van der Waals surface area contributed by atoms with Crippen molar-refractivity contribution in [3.63, 3.8) is 0 Å². The molecular formula is C32H30F8N4O2. The Balaban J connectivity index is 1.27. The van der Waals surface area contributed by atoms with Crippen LogP contribution in [0.25, 0.3) is 21.8 Å². The molecule has 2 aliphatic rings. The van der Waals surface area contributed by atoms with Crippen LogP contribution < -0.4 is 0 Å². The Morgan fingerprint density at radius 3 is 1.41 bits per heavy atom. The van der Waals surface area contributed by atoms with Crippen molar-refractivity contribution in [3.05, 3.63) is 71.6 Å². The molecule has 0 spiro atoms. The smallest absolute Gasteiger partial charge is 0.345 e. The lowest BCUT2D eigenvalue weighted by molar-refractivity contribution is -0.186. The van der Waals surface area contributed by atoms with Crippen molar-refractivity contribution < 1.29 is 44.7 Å². The fourth-order valence-electron chi connectivity index (χ4n) is 7.06. The number of nitrogens with zero attached hydrogens (tertiary/aromatic N) is 4. The molecule has 2 fully saturated rings. The van der Waals surface area contributed by atoms with E-state index in [1.165, 1.54) is 24.3 Å². The fraction of sp³-hybridized carbons (Fsp3) is 0.438. The average molecular weight is 655 g/mol. The largest absolute Gasteiger partial charge is 0.471 e. The van der Waals surface area contributed by atoms with E-state index >= 15 is 0 Å². The third-order valence-electron chi connectivity index (χ3n) is 9.11. The van der Waals surface area contributed by atoms with E-state index in [0.29, 0.717) is 58.6 Å². The number of amides is 2. The van der Waals surface area contributed by atoms with Crippen molar-refractivity contribution in [2.45, 2.75) is 76.1 Å². The molecule has 0 unspecified atom stereocenters. The maximum absolute atomic E-state index is 14.4. The van der Waals surface area contributed by atoms with Gasteiger partial charge in [-0.1, -0.05) is 0 Å². The molecule has 2 aromatic heterocycles. The van der Waals surface area contributed by atoms with Crippen molar-refractivity contribution in [2.75, 3.05) is 13.1 Å². The number of hydrogen-bond donors (Lipinski definition) is 0. The molecule has 2 atom stereocenters. The van der Waals surface area contributed by atoms with Crippen LogP contribution in [-0.2, 0) is 35.5 Å². The van der Waals surface area contributed by atoms with E-state index in [1.54, 1.807) is 33.7 Å². The predicted octanol–water partition coefficient (Wildman–Crippen LogP) is 6.77. The Morgan fingerprint density at radius 2 is 1.04 bits per heavy atom. The van der Waals surface area contributed by atoms with E-state index < -0.39 is 47.9 Å². The van der Waals surface area contributed by atoms with Crippen LogP contribution in [0.1, 0.15) is 36.8 Å². The number of fused-ring (bicyclic) bond motifs is 2. The third kappa shape index (κ3) is 6.17. The predicted molar refractivity (Wildman–Crippen MR) is 153 cm³/mol. The molecule has 4 aromatic rings. The summed E-state index contributed by atoms with van der Waals surface area (Å²) in [5, 5.41) is 1.26. The number of alkyl halides is 6. The number of likely N-dealkylation sites (tertiary alicyclic amines) is 2. The first-order valence-corrected chi connectivity index (χ1v) is 15.0. The zero-order chi connectivity index (χ0) is 33.0. The minimum absolute atomic E-state index is 0.00113. The highest BCUT2D eigenvalue weighted by atomic mass is 19.4. The molecule has 0 aliphatic carbocycles. The lowest BCUT2D eigenvalue weighted by Crippen LogP contribution is -2.44. The van der Waals surface area contributed by atoms with E-state index in [1.807, 2.05) is 0 Å². The van der Waals surface area contributed by atoms with Crippen LogP contribution in [0.2, 0.25) is 0 Å². The minimum Gasteiger partial charge on any atom is -0.345 e. The molecule has 2 amide bonds. The Morgan fingerprint density at radius 1 is 0.652 bits per heavy atom. The summed E-state index contributed by atoms with van der Waals surface area (Å²) in [6, 6.07) is 6.91. The van der Waals surface area contributed by atoms with Gasteiger partial charge in [-0.05, 0) is 86.1 Å².